The van der Waals surface area contributed by atoms with E-state index < -0.39 is 0 Å². The van der Waals surface area contributed by atoms with Crippen molar-refractivity contribution in [1.82, 2.24) is 0 Å². The third kappa shape index (κ3) is 2.77. The van der Waals surface area contributed by atoms with E-state index in [1.807, 2.05) is 6.92 Å². The molecular weight excluding hydrogens is 236 g/mol. The lowest BCUT2D eigenvalue weighted by Gasteiger charge is -2.32. The molecule has 0 unspecified atom stereocenters. The van der Waals surface area contributed by atoms with Gasteiger partial charge in [-0.1, -0.05) is 44.1 Å². The van der Waals surface area contributed by atoms with E-state index in [0.717, 1.165) is 12.8 Å². The Morgan fingerprint density at radius 3 is 2.79 bits per heavy atom. The Labute approximate surface area is 116 Å². The molecule has 0 saturated heterocycles. The van der Waals surface area contributed by atoms with Gasteiger partial charge in [-0.15, -0.1) is 0 Å². The van der Waals surface area contributed by atoms with Crippen molar-refractivity contribution in [3.05, 3.63) is 23.3 Å². The van der Waals surface area contributed by atoms with Crippen molar-refractivity contribution in [2.45, 2.75) is 65.9 Å². The normalized spacial score (nSPS) is 30.0. The van der Waals surface area contributed by atoms with Crippen LogP contribution >= 0.6 is 0 Å². The first-order valence-electron chi connectivity index (χ1n) is 7.40. The van der Waals surface area contributed by atoms with Crippen LogP contribution in [-0.2, 0) is 9.53 Å². The van der Waals surface area contributed by atoms with Gasteiger partial charge in [-0.2, -0.15) is 0 Å². The van der Waals surface area contributed by atoms with Gasteiger partial charge in [0.25, 0.3) is 0 Å². The molecule has 0 radical (unpaired) electrons. The van der Waals surface area contributed by atoms with Gasteiger partial charge in [0.1, 0.15) is 6.10 Å². The molecular formula is C17H26O2. The summed E-state index contributed by atoms with van der Waals surface area (Å²) in [6.45, 7) is 12.8. The lowest BCUT2D eigenvalue weighted by molar-refractivity contribution is -0.154. The number of carbonyl (C=O) groups excluding carboxylic acids is 1. The van der Waals surface area contributed by atoms with Gasteiger partial charge < -0.3 is 4.74 Å². The van der Waals surface area contributed by atoms with Crippen LogP contribution in [0.5, 0.6) is 0 Å². The molecule has 19 heavy (non-hydrogen) atoms. The summed E-state index contributed by atoms with van der Waals surface area (Å²) in [5.41, 5.74) is 4.35. The second kappa shape index (κ2) is 5.15. The number of rotatable bonds is 2. The van der Waals surface area contributed by atoms with Gasteiger partial charge in [0.05, 0.1) is 0 Å². The highest BCUT2D eigenvalue weighted by molar-refractivity contribution is 5.69. The number of hydrogen-bond acceptors (Lipinski definition) is 2. The maximum atomic E-state index is 11.6. The minimum absolute atomic E-state index is 0.00343. The molecule has 1 saturated carbocycles. The molecule has 0 aromatic heterocycles. The van der Waals surface area contributed by atoms with Crippen molar-refractivity contribution in [2.75, 3.05) is 0 Å². The van der Waals surface area contributed by atoms with Gasteiger partial charge in [-0.05, 0) is 26.2 Å². The fourth-order valence-corrected chi connectivity index (χ4v) is 3.42. The summed E-state index contributed by atoms with van der Waals surface area (Å²) in [6, 6.07) is 0. The average molecular weight is 262 g/mol. The van der Waals surface area contributed by atoms with Crippen molar-refractivity contribution >= 4 is 5.97 Å². The van der Waals surface area contributed by atoms with Crippen molar-refractivity contribution in [1.29, 1.82) is 0 Å². The zero-order valence-corrected chi connectivity index (χ0v) is 12.7. The second-order valence-corrected chi connectivity index (χ2v) is 6.76. The Kier molecular flexibility index (Phi) is 3.89. The maximum Gasteiger partial charge on any atom is 0.305 e. The van der Waals surface area contributed by atoms with E-state index in [-0.39, 0.29) is 17.5 Å². The molecule has 0 amide bonds. The Hall–Kier alpha value is -1.05. The number of fused-ring (bicyclic) bond motifs is 1. The van der Waals surface area contributed by atoms with Gasteiger partial charge in [0, 0.05) is 24.2 Å². The summed E-state index contributed by atoms with van der Waals surface area (Å²) in [7, 11) is 0. The van der Waals surface area contributed by atoms with Crippen LogP contribution in [0.4, 0.5) is 0 Å². The molecule has 0 heterocycles. The van der Waals surface area contributed by atoms with Crippen LogP contribution in [0.2, 0.25) is 0 Å². The lowest BCUT2D eigenvalue weighted by Crippen LogP contribution is -2.33. The molecule has 2 rings (SSSR count). The third-order valence-electron chi connectivity index (χ3n) is 4.80. The molecule has 0 N–H and O–H groups in total. The van der Waals surface area contributed by atoms with E-state index in [1.54, 1.807) is 5.57 Å². The number of ether oxygens (including phenoxy) is 1. The van der Waals surface area contributed by atoms with Crippen molar-refractivity contribution < 1.29 is 9.53 Å². The summed E-state index contributed by atoms with van der Waals surface area (Å²) < 4.78 is 5.68. The Bertz CT molecular complexity index is 429. The molecule has 1 fully saturated rings. The van der Waals surface area contributed by atoms with E-state index in [1.165, 1.54) is 24.0 Å². The fourth-order valence-electron chi connectivity index (χ4n) is 3.42. The van der Waals surface area contributed by atoms with Gasteiger partial charge in [-0.25, -0.2) is 0 Å². The monoisotopic (exact) mass is 262 g/mol. The first-order chi connectivity index (χ1) is 8.85. The third-order valence-corrected chi connectivity index (χ3v) is 4.80. The minimum atomic E-state index is -0.0939. The molecule has 0 bridgehead atoms. The van der Waals surface area contributed by atoms with Crippen LogP contribution in [-0.4, -0.2) is 12.1 Å². The highest BCUT2D eigenvalue weighted by Gasteiger charge is 2.41. The van der Waals surface area contributed by atoms with Crippen LogP contribution in [0.25, 0.3) is 0 Å². The highest BCUT2D eigenvalue weighted by atomic mass is 16.5. The smallest absolute Gasteiger partial charge is 0.305 e. The zero-order chi connectivity index (χ0) is 14.2. The van der Waals surface area contributed by atoms with Crippen LogP contribution in [0.1, 0.15) is 59.8 Å². The molecule has 0 aromatic rings. The molecule has 2 atom stereocenters. The van der Waals surface area contributed by atoms with Crippen molar-refractivity contribution in [3.8, 4) is 0 Å². The van der Waals surface area contributed by atoms with E-state index in [2.05, 4.69) is 27.4 Å². The first kappa shape index (κ1) is 14.4. The Morgan fingerprint density at radius 2 is 2.16 bits per heavy atom. The van der Waals surface area contributed by atoms with E-state index in [9.17, 15) is 4.79 Å². The molecule has 2 heteroatoms. The first-order valence-corrected chi connectivity index (χ1v) is 7.40. The molecule has 0 aliphatic heterocycles. The maximum absolute atomic E-state index is 11.6. The summed E-state index contributed by atoms with van der Waals surface area (Å²) in [4.78, 5) is 11.6. The summed E-state index contributed by atoms with van der Waals surface area (Å²) in [5.74, 6) is 0.438. The van der Waals surface area contributed by atoms with Gasteiger partial charge in [0.2, 0.25) is 0 Å². The van der Waals surface area contributed by atoms with Crippen LogP contribution in [0, 0.1) is 11.3 Å². The van der Waals surface area contributed by atoms with E-state index >= 15 is 0 Å². The van der Waals surface area contributed by atoms with Gasteiger partial charge >= 0.3 is 5.97 Å². The molecule has 0 spiro atoms. The van der Waals surface area contributed by atoms with Crippen molar-refractivity contribution in [3.63, 3.8) is 0 Å². The number of esters is 1. The van der Waals surface area contributed by atoms with E-state index in [0.29, 0.717) is 12.3 Å². The highest BCUT2D eigenvalue weighted by Crippen LogP contribution is 2.49. The quantitative estimate of drug-likeness (QED) is 0.544. The fraction of sp³-hybridized carbons (Fsp3) is 0.706. The van der Waals surface area contributed by atoms with Crippen molar-refractivity contribution in [2.24, 2.45) is 11.3 Å². The predicted molar refractivity (Wildman–Crippen MR) is 77.8 cm³/mol. The largest absolute Gasteiger partial charge is 0.461 e. The van der Waals surface area contributed by atoms with Crippen LogP contribution in [0.3, 0.4) is 0 Å². The predicted octanol–water partition coefficient (Wildman–Crippen LogP) is 4.41. The number of allylic oxidation sites excluding steroid dienone is 2. The molecule has 2 nitrogen and oxygen atoms in total. The topological polar surface area (TPSA) is 26.3 Å². The minimum Gasteiger partial charge on any atom is -0.461 e. The van der Waals surface area contributed by atoms with Crippen LogP contribution < -0.4 is 0 Å². The summed E-state index contributed by atoms with van der Waals surface area (Å²) in [5, 5.41) is 0. The zero-order valence-electron chi connectivity index (χ0n) is 12.7. The van der Waals surface area contributed by atoms with E-state index in [4.69, 9.17) is 4.74 Å². The lowest BCUT2D eigenvalue weighted by atomic mass is 9.80. The number of hydrogen-bond donors (Lipinski definition) is 0. The van der Waals surface area contributed by atoms with Crippen LogP contribution in [0.15, 0.2) is 23.3 Å². The number of carbonyl (C=O) groups is 1. The molecule has 2 aliphatic carbocycles. The Morgan fingerprint density at radius 1 is 1.47 bits per heavy atom. The Balaban J connectivity index is 2.26. The van der Waals surface area contributed by atoms with Gasteiger partial charge in [-0.3, -0.25) is 4.79 Å². The summed E-state index contributed by atoms with van der Waals surface area (Å²) in [6.07, 6.45) is 4.67. The molecule has 106 valence electrons. The standard InChI is InChI=1S/C17H26O2/c1-6-16(18)19-15-9-12(3)13-8-7-11(2)14(13)10-17(15,4)5/h13,15H,3,6-10H2,1-2,4-5H3/t13-,15+/m0/s1. The average Bonchev–Trinajstić information content (AvgIpc) is 2.65. The molecule has 0 aromatic carbocycles. The molecule has 2 aliphatic rings. The van der Waals surface area contributed by atoms with Gasteiger partial charge in [0.15, 0.2) is 0 Å². The summed E-state index contributed by atoms with van der Waals surface area (Å²) >= 11 is 0. The SMILES string of the molecule is C=C1C[C@@H](OC(=O)CC)C(C)(C)CC2=C(C)CC[C@@H]12. The second-order valence-electron chi connectivity index (χ2n) is 6.76.